The van der Waals surface area contributed by atoms with Crippen molar-refractivity contribution in [2.24, 2.45) is 5.92 Å². The lowest BCUT2D eigenvalue weighted by Gasteiger charge is -2.04. The summed E-state index contributed by atoms with van der Waals surface area (Å²) in [4.78, 5) is 0. The second-order valence-electron chi connectivity index (χ2n) is 4.88. The number of furan rings is 1. The molecular weight excluding hydrogens is 234 g/mol. The van der Waals surface area contributed by atoms with E-state index in [1.165, 1.54) is 0 Å². The average molecular weight is 252 g/mol. The molecule has 1 heterocycles. The van der Waals surface area contributed by atoms with Gasteiger partial charge >= 0.3 is 0 Å². The molecule has 1 aromatic carbocycles. The number of hydrogen-bond donors (Lipinski definition) is 1. The molecule has 0 aliphatic rings. The van der Waals surface area contributed by atoms with Crippen molar-refractivity contribution in [1.29, 1.82) is 0 Å². The number of fused-ring (bicyclic) bond motifs is 1. The first kappa shape index (κ1) is 12.5. The Morgan fingerprint density at radius 1 is 1.29 bits per heavy atom. The van der Waals surface area contributed by atoms with Gasteiger partial charge in [-0.25, -0.2) is 0 Å². The topological polar surface area (TPSA) is 25.2 Å². The van der Waals surface area contributed by atoms with Gasteiger partial charge in [-0.1, -0.05) is 25.4 Å². The summed E-state index contributed by atoms with van der Waals surface area (Å²) in [5.41, 5.74) is 2.03. The second-order valence-corrected chi connectivity index (χ2v) is 5.31. The summed E-state index contributed by atoms with van der Waals surface area (Å²) < 4.78 is 5.81. The van der Waals surface area contributed by atoms with Crippen LogP contribution in [0, 0.1) is 12.8 Å². The smallest absolute Gasteiger partial charge is 0.137 e. The summed E-state index contributed by atoms with van der Waals surface area (Å²) >= 11 is 6.02. The molecule has 3 heteroatoms. The third-order valence-electron chi connectivity index (χ3n) is 2.67. The first-order chi connectivity index (χ1) is 8.06. The van der Waals surface area contributed by atoms with Crippen molar-refractivity contribution >= 4 is 22.6 Å². The third kappa shape index (κ3) is 3.02. The summed E-state index contributed by atoms with van der Waals surface area (Å²) in [6.07, 6.45) is 0. The van der Waals surface area contributed by atoms with E-state index in [0.29, 0.717) is 5.92 Å². The Bertz CT molecular complexity index is 516. The van der Waals surface area contributed by atoms with E-state index in [0.717, 1.165) is 40.4 Å². The fraction of sp³-hybridized carbons (Fsp3) is 0.429. The zero-order valence-electron chi connectivity index (χ0n) is 10.5. The standard InChI is InChI=1S/C14H18ClNO/c1-9(2)7-16-8-13-6-11-5-12(15)4-10(3)14(11)17-13/h4-6,9,16H,7-8H2,1-3H3. The summed E-state index contributed by atoms with van der Waals surface area (Å²) in [6, 6.07) is 5.93. The molecule has 2 aromatic rings. The normalized spacial score (nSPS) is 11.6. The molecule has 0 saturated carbocycles. The van der Waals surface area contributed by atoms with Gasteiger partial charge in [0.2, 0.25) is 0 Å². The highest BCUT2D eigenvalue weighted by Gasteiger charge is 2.07. The molecule has 0 spiro atoms. The lowest BCUT2D eigenvalue weighted by molar-refractivity contribution is 0.484. The molecule has 17 heavy (non-hydrogen) atoms. The predicted molar refractivity (Wildman–Crippen MR) is 72.5 cm³/mol. The fourth-order valence-electron chi connectivity index (χ4n) is 1.91. The lowest BCUT2D eigenvalue weighted by atomic mass is 10.2. The molecular formula is C14H18ClNO. The van der Waals surface area contributed by atoms with E-state index in [-0.39, 0.29) is 0 Å². The van der Waals surface area contributed by atoms with Gasteiger partial charge < -0.3 is 9.73 Å². The zero-order chi connectivity index (χ0) is 12.4. The van der Waals surface area contributed by atoms with Gasteiger partial charge in [0.25, 0.3) is 0 Å². The third-order valence-corrected chi connectivity index (χ3v) is 2.89. The summed E-state index contributed by atoms with van der Waals surface area (Å²) in [7, 11) is 0. The van der Waals surface area contributed by atoms with Gasteiger partial charge in [0.1, 0.15) is 11.3 Å². The highest BCUT2D eigenvalue weighted by molar-refractivity contribution is 6.31. The van der Waals surface area contributed by atoms with E-state index in [4.69, 9.17) is 16.0 Å². The molecule has 0 fully saturated rings. The Morgan fingerprint density at radius 2 is 2.06 bits per heavy atom. The molecule has 0 radical (unpaired) electrons. The van der Waals surface area contributed by atoms with Crippen LogP contribution in [0.2, 0.25) is 5.02 Å². The quantitative estimate of drug-likeness (QED) is 0.884. The molecule has 1 aromatic heterocycles. The number of aryl methyl sites for hydroxylation is 1. The van der Waals surface area contributed by atoms with Crippen molar-refractivity contribution in [2.45, 2.75) is 27.3 Å². The van der Waals surface area contributed by atoms with Gasteiger partial charge in [0.15, 0.2) is 0 Å². The molecule has 0 atom stereocenters. The highest BCUT2D eigenvalue weighted by atomic mass is 35.5. The number of hydrogen-bond acceptors (Lipinski definition) is 2. The number of benzene rings is 1. The Balaban J connectivity index is 2.17. The van der Waals surface area contributed by atoms with Crippen LogP contribution in [0.15, 0.2) is 22.6 Å². The maximum absolute atomic E-state index is 6.02. The molecule has 2 rings (SSSR count). The Morgan fingerprint density at radius 3 is 2.76 bits per heavy atom. The van der Waals surface area contributed by atoms with Gasteiger partial charge in [-0.05, 0) is 43.1 Å². The van der Waals surface area contributed by atoms with Crippen LogP contribution in [0.4, 0.5) is 0 Å². The molecule has 0 bridgehead atoms. The maximum Gasteiger partial charge on any atom is 0.137 e. The van der Waals surface area contributed by atoms with Crippen LogP contribution < -0.4 is 5.32 Å². The summed E-state index contributed by atoms with van der Waals surface area (Å²) in [5, 5.41) is 5.21. The number of nitrogens with one attached hydrogen (secondary N) is 1. The number of halogens is 1. The predicted octanol–water partition coefficient (Wildman–Crippen LogP) is 4.14. The average Bonchev–Trinajstić information content (AvgIpc) is 2.60. The van der Waals surface area contributed by atoms with E-state index in [9.17, 15) is 0 Å². The van der Waals surface area contributed by atoms with Crippen LogP contribution in [0.3, 0.4) is 0 Å². The van der Waals surface area contributed by atoms with E-state index < -0.39 is 0 Å². The highest BCUT2D eigenvalue weighted by Crippen LogP contribution is 2.26. The van der Waals surface area contributed by atoms with Gasteiger partial charge in [-0.2, -0.15) is 0 Å². The Kier molecular flexibility index (Phi) is 3.75. The fourth-order valence-corrected chi connectivity index (χ4v) is 2.19. The molecule has 0 amide bonds. The van der Waals surface area contributed by atoms with Gasteiger partial charge in [0, 0.05) is 10.4 Å². The van der Waals surface area contributed by atoms with Crippen LogP contribution in [0.25, 0.3) is 11.0 Å². The van der Waals surface area contributed by atoms with Crippen LogP contribution in [-0.4, -0.2) is 6.54 Å². The van der Waals surface area contributed by atoms with Crippen molar-refractivity contribution < 1.29 is 4.42 Å². The van der Waals surface area contributed by atoms with Crippen molar-refractivity contribution in [1.82, 2.24) is 5.32 Å². The Hall–Kier alpha value is -0.990. The summed E-state index contributed by atoms with van der Waals surface area (Å²) in [6.45, 7) is 8.16. The van der Waals surface area contributed by atoms with Gasteiger partial charge in [-0.15, -0.1) is 0 Å². The molecule has 92 valence electrons. The van der Waals surface area contributed by atoms with Gasteiger partial charge in [0.05, 0.1) is 6.54 Å². The minimum atomic E-state index is 0.649. The molecule has 0 aliphatic carbocycles. The number of rotatable bonds is 4. The van der Waals surface area contributed by atoms with E-state index in [1.54, 1.807) is 0 Å². The van der Waals surface area contributed by atoms with E-state index >= 15 is 0 Å². The lowest BCUT2D eigenvalue weighted by Crippen LogP contribution is -2.18. The molecule has 2 nitrogen and oxygen atoms in total. The maximum atomic E-state index is 6.02. The van der Waals surface area contributed by atoms with Crippen LogP contribution in [-0.2, 0) is 6.54 Å². The van der Waals surface area contributed by atoms with Crippen molar-refractivity contribution in [2.75, 3.05) is 6.54 Å². The van der Waals surface area contributed by atoms with Crippen LogP contribution in [0.5, 0.6) is 0 Å². The van der Waals surface area contributed by atoms with Crippen LogP contribution >= 0.6 is 11.6 Å². The van der Waals surface area contributed by atoms with Crippen molar-refractivity contribution in [3.63, 3.8) is 0 Å². The van der Waals surface area contributed by atoms with E-state index in [2.05, 4.69) is 25.2 Å². The largest absolute Gasteiger partial charge is 0.459 e. The first-order valence-corrected chi connectivity index (χ1v) is 6.33. The van der Waals surface area contributed by atoms with Crippen molar-refractivity contribution in [3.8, 4) is 0 Å². The Labute approximate surface area is 107 Å². The zero-order valence-corrected chi connectivity index (χ0v) is 11.3. The van der Waals surface area contributed by atoms with Crippen molar-refractivity contribution in [3.05, 3.63) is 34.5 Å². The molecule has 0 unspecified atom stereocenters. The minimum Gasteiger partial charge on any atom is -0.459 e. The van der Waals surface area contributed by atoms with E-state index in [1.807, 2.05) is 19.1 Å². The monoisotopic (exact) mass is 251 g/mol. The first-order valence-electron chi connectivity index (χ1n) is 5.95. The second kappa shape index (κ2) is 5.11. The molecule has 1 N–H and O–H groups in total. The minimum absolute atomic E-state index is 0.649. The molecule has 0 aliphatic heterocycles. The molecule has 0 saturated heterocycles. The van der Waals surface area contributed by atoms with Crippen LogP contribution in [0.1, 0.15) is 25.2 Å². The van der Waals surface area contributed by atoms with Gasteiger partial charge in [-0.3, -0.25) is 0 Å². The SMILES string of the molecule is Cc1cc(Cl)cc2cc(CNCC(C)C)oc12. The summed E-state index contributed by atoms with van der Waals surface area (Å²) in [5.74, 6) is 1.61.